The zero-order chi connectivity index (χ0) is 19.4. The third-order valence-corrected chi connectivity index (χ3v) is 5.62. The molecule has 0 saturated carbocycles. The molecular formula is C19H22N2O5S. The molecule has 1 saturated heterocycles. The molecule has 1 heterocycles. The first-order valence-electron chi connectivity index (χ1n) is 8.56. The third kappa shape index (κ3) is 4.65. The lowest BCUT2D eigenvalue weighted by Crippen LogP contribution is -2.39. The van der Waals surface area contributed by atoms with Crippen molar-refractivity contribution < 1.29 is 22.7 Å². The fourth-order valence-electron chi connectivity index (χ4n) is 2.75. The van der Waals surface area contributed by atoms with Gasteiger partial charge in [-0.3, -0.25) is 9.52 Å². The molecule has 0 aliphatic carbocycles. The number of hydrogen-bond donors (Lipinski definition) is 2. The van der Waals surface area contributed by atoms with Crippen LogP contribution in [0.2, 0.25) is 0 Å². The van der Waals surface area contributed by atoms with E-state index in [1.165, 1.54) is 12.1 Å². The second-order valence-corrected chi connectivity index (χ2v) is 8.00. The average molecular weight is 390 g/mol. The predicted molar refractivity (Wildman–Crippen MR) is 102 cm³/mol. The van der Waals surface area contributed by atoms with Crippen LogP contribution in [0, 0.1) is 13.8 Å². The monoisotopic (exact) mass is 390 g/mol. The van der Waals surface area contributed by atoms with Gasteiger partial charge < -0.3 is 14.8 Å². The van der Waals surface area contributed by atoms with Crippen LogP contribution in [0.15, 0.2) is 47.4 Å². The van der Waals surface area contributed by atoms with E-state index in [2.05, 4.69) is 10.0 Å². The van der Waals surface area contributed by atoms with Crippen LogP contribution in [-0.4, -0.2) is 40.2 Å². The molecule has 1 fully saturated rings. The minimum absolute atomic E-state index is 0.111. The molecule has 2 aromatic carbocycles. The summed E-state index contributed by atoms with van der Waals surface area (Å²) in [4.78, 5) is 12.2. The summed E-state index contributed by atoms with van der Waals surface area (Å²) in [7, 11) is -3.73. The lowest BCUT2D eigenvalue weighted by atomic mass is 10.1. The Balaban J connectivity index is 1.71. The number of carbonyl (C=O) groups excluding carboxylic acids is 1. The molecule has 2 aromatic rings. The topological polar surface area (TPSA) is 93.7 Å². The molecule has 0 spiro atoms. The lowest BCUT2D eigenvalue weighted by Gasteiger charge is -2.22. The van der Waals surface area contributed by atoms with Crippen LogP contribution in [0.5, 0.6) is 0 Å². The molecule has 1 unspecified atom stereocenters. The molecule has 2 N–H and O–H groups in total. The molecule has 1 amide bonds. The van der Waals surface area contributed by atoms with Crippen LogP contribution >= 0.6 is 0 Å². The Labute approximate surface area is 158 Å². The number of rotatable bonds is 5. The highest BCUT2D eigenvalue weighted by atomic mass is 32.2. The molecule has 0 aromatic heterocycles. The molecule has 1 atom stereocenters. The molecule has 7 nitrogen and oxygen atoms in total. The highest BCUT2D eigenvalue weighted by Gasteiger charge is 2.23. The molecule has 1 aliphatic heterocycles. The summed E-state index contributed by atoms with van der Waals surface area (Å²) in [6.07, 6.45) is -0.659. The summed E-state index contributed by atoms with van der Waals surface area (Å²) in [6.45, 7) is 4.75. The third-order valence-electron chi connectivity index (χ3n) is 4.26. The van der Waals surface area contributed by atoms with E-state index in [9.17, 15) is 13.2 Å². The highest BCUT2D eigenvalue weighted by Crippen LogP contribution is 2.24. The molecule has 144 valence electrons. The minimum atomic E-state index is -3.73. The largest absolute Gasteiger partial charge is 0.376 e. The van der Waals surface area contributed by atoms with Crippen molar-refractivity contribution in [3.63, 3.8) is 0 Å². The van der Waals surface area contributed by atoms with Crippen molar-refractivity contribution >= 4 is 27.3 Å². The van der Waals surface area contributed by atoms with Gasteiger partial charge in [-0.1, -0.05) is 18.2 Å². The normalized spacial score (nSPS) is 17.3. The number of amides is 1. The van der Waals surface area contributed by atoms with Crippen LogP contribution in [0.1, 0.15) is 11.1 Å². The van der Waals surface area contributed by atoms with Crippen molar-refractivity contribution in [1.29, 1.82) is 0 Å². The minimum Gasteiger partial charge on any atom is -0.376 e. The Hall–Kier alpha value is -2.42. The summed E-state index contributed by atoms with van der Waals surface area (Å²) < 4.78 is 38.5. The van der Waals surface area contributed by atoms with Crippen molar-refractivity contribution in [3.8, 4) is 0 Å². The second-order valence-electron chi connectivity index (χ2n) is 6.32. The summed E-state index contributed by atoms with van der Waals surface area (Å²) in [6, 6.07) is 11.6. The zero-order valence-electron chi connectivity index (χ0n) is 15.2. The molecule has 1 aliphatic rings. The van der Waals surface area contributed by atoms with Crippen molar-refractivity contribution in [2.75, 3.05) is 29.9 Å². The van der Waals surface area contributed by atoms with E-state index in [0.717, 1.165) is 11.1 Å². The van der Waals surface area contributed by atoms with Gasteiger partial charge in [0.05, 0.1) is 30.4 Å². The number of benzene rings is 2. The smallest absolute Gasteiger partial charge is 0.261 e. The standard InChI is InChI=1S/C19H22N2O5S/c1-13-4-3-5-14(2)18(13)21-27(23,24)16-8-6-15(7-9-16)20-19(22)17-12-25-10-11-26-17/h3-9,17,21H,10-12H2,1-2H3,(H,20,22). The number of anilines is 2. The number of carbonyl (C=O) groups is 1. The Morgan fingerprint density at radius 2 is 1.70 bits per heavy atom. The molecule has 8 heteroatoms. The van der Waals surface area contributed by atoms with Gasteiger partial charge in [-0.05, 0) is 49.2 Å². The van der Waals surface area contributed by atoms with Gasteiger partial charge in [0.25, 0.3) is 15.9 Å². The highest BCUT2D eigenvalue weighted by molar-refractivity contribution is 7.92. The fourth-order valence-corrected chi connectivity index (χ4v) is 3.95. The number of ether oxygens (including phenoxy) is 2. The number of para-hydroxylation sites is 1. The van der Waals surface area contributed by atoms with E-state index in [4.69, 9.17) is 9.47 Å². The average Bonchev–Trinajstić information content (AvgIpc) is 2.66. The van der Waals surface area contributed by atoms with Crippen LogP contribution in [0.3, 0.4) is 0 Å². The first kappa shape index (κ1) is 19.3. The number of nitrogens with one attached hydrogen (secondary N) is 2. The quantitative estimate of drug-likeness (QED) is 0.818. The Bertz CT molecular complexity index is 899. The first-order valence-corrected chi connectivity index (χ1v) is 10.0. The van der Waals surface area contributed by atoms with Gasteiger partial charge >= 0.3 is 0 Å². The number of sulfonamides is 1. The molecular weight excluding hydrogens is 368 g/mol. The summed E-state index contributed by atoms with van der Waals surface area (Å²) >= 11 is 0. The van der Waals surface area contributed by atoms with Gasteiger partial charge in [0, 0.05) is 5.69 Å². The summed E-state index contributed by atoms with van der Waals surface area (Å²) in [5, 5.41) is 2.70. The zero-order valence-corrected chi connectivity index (χ0v) is 16.0. The van der Waals surface area contributed by atoms with Crippen molar-refractivity contribution in [3.05, 3.63) is 53.6 Å². The Morgan fingerprint density at radius 3 is 2.30 bits per heavy atom. The lowest BCUT2D eigenvalue weighted by molar-refractivity contribution is -0.142. The van der Waals surface area contributed by atoms with Crippen molar-refractivity contribution in [2.45, 2.75) is 24.8 Å². The molecule has 0 bridgehead atoms. The Kier molecular flexibility index (Phi) is 5.79. The van der Waals surface area contributed by atoms with Gasteiger partial charge in [-0.15, -0.1) is 0 Å². The van der Waals surface area contributed by atoms with Crippen LogP contribution in [0.25, 0.3) is 0 Å². The molecule has 3 rings (SSSR count). The van der Waals surface area contributed by atoms with Crippen LogP contribution < -0.4 is 10.0 Å². The van der Waals surface area contributed by atoms with E-state index in [-0.39, 0.29) is 17.4 Å². The number of aryl methyl sites for hydroxylation is 2. The van der Waals surface area contributed by atoms with E-state index in [1.54, 1.807) is 12.1 Å². The first-order chi connectivity index (χ1) is 12.9. The van der Waals surface area contributed by atoms with Gasteiger partial charge in [0.2, 0.25) is 0 Å². The van der Waals surface area contributed by atoms with Crippen LogP contribution in [0.4, 0.5) is 11.4 Å². The molecule has 27 heavy (non-hydrogen) atoms. The van der Waals surface area contributed by atoms with Gasteiger partial charge in [-0.2, -0.15) is 0 Å². The summed E-state index contributed by atoms with van der Waals surface area (Å²) in [5.41, 5.74) is 2.75. The van der Waals surface area contributed by atoms with E-state index in [1.807, 2.05) is 32.0 Å². The van der Waals surface area contributed by atoms with E-state index >= 15 is 0 Å². The fraction of sp³-hybridized carbons (Fsp3) is 0.316. The predicted octanol–water partition coefficient (Wildman–Crippen LogP) is 2.46. The summed E-state index contributed by atoms with van der Waals surface area (Å²) in [5.74, 6) is -0.320. The SMILES string of the molecule is Cc1cccc(C)c1NS(=O)(=O)c1ccc(NC(=O)C2COCCO2)cc1. The maximum atomic E-state index is 12.7. The van der Waals surface area contributed by atoms with E-state index in [0.29, 0.717) is 24.6 Å². The van der Waals surface area contributed by atoms with Gasteiger partial charge in [0.1, 0.15) is 0 Å². The van der Waals surface area contributed by atoms with Crippen LogP contribution in [-0.2, 0) is 24.3 Å². The van der Waals surface area contributed by atoms with Crippen molar-refractivity contribution in [1.82, 2.24) is 0 Å². The van der Waals surface area contributed by atoms with E-state index < -0.39 is 16.1 Å². The second kappa shape index (κ2) is 8.08. The Morgan fingerprint density at radius 1 is 1.04 bits per heavy atom. The number of hydrogen-bond acceptors (Lipinski definition) is 5. The maximum absolute atomic E-state index is 12.7. The molecule has 0 radical (unpaired) electrons. The maximum Gasteiger partial charge on any atom is 0.261 e. The van der Waals surface area contributed by atoms with Gasteiger partial charge in [-0.25, -0.2) is 8.42 Å². The van der Waals surface area contributed by atoms with Gasteiger partial charge in [0.15, 0.2) is 6.10 Å². The van der Waals surface area contributed by atoms with Crippen molar-refractivity contribution in [2.24, 2.45) is 0 Å².